The van der Waals surface area contributed by atoms with Crippen LogP contribution >= 0.6 is 0 Å². The molecule has 1 aliphatic heterocycles. The topological polar surface area (TPSA) is 80.5 Å². The Balaban J connectivity index is 1.38. The Labute approximate surface area is 195 Å². The number of fused-ring (bicyclic) bond motifs is 3. The van der Waals surface area contributed by atoms with E-state index in [4.69, 9.17) is 4.74 Å². The molecule has 34 heavy (non-hydrogen) atoms. The number of piperidine rings is 1. The average Bonchev–Trinajstić information content (AvgIpc) is 3.28. The second-order valence-corrected chi connectivity index (χ2v) is 9.55. The van der Waals surface area contributed by atoms with Crippen molar-refractivity contribution in [1.29, 1.82) is 0 Å². The van der Waals surface area contributed by atoms with E-state index < -0.39 is 12.8 Å². The molecule has 5 rings (SSSR count). The zero-order valence-corrected chi connectivity index (χ0v) is 19.4. The van der Waals surface area contributed by atoms with Gasteiger partial charge in [-0.25, -0.2) is 9.97 Å². The fraction of sp³-hybridized carbons (Fsp3) is 0.565. The summed E-state index contributed by atoms with van der Waals surface area (Å²) >= 11 is 0. The number of pyridine rings is 1. The van der Waals surface area contributed by atoms with Crippen LogP contribution in [-0.4, -0.2) is 56.5 Å². The number of alkyl halides is 3. The highest BCUT2D eigenvalue weighted by molar-refractivity contribution is 5.55. The van der Waals surface area contributed by atoms with Gasteiger partial charge in [0.25, 0.3) is 0 Å². The van der Waals surface area contributed by atoms with Crippen LogP contribution in [0.1, 0.15) is 43.9 Å². The molecule has 0 amide bonds. The van der Waals surface area contributed by atoms with Crippen LogP contribution in [0.5, 0.6) is 5.88 Å². The van der Waals surface area contributed by atoms with Gasteiger partial charge in [0.05, 0.1) is 0 Å². The highest BCUT2D eigenvalue weighted by atomic mass is 19.4. The van der Waals surface area contributed by atoms with E-state index in [0.29, 0.717) is 23.4 Å². The van der Waals surface area contributed by atoms with E-state index in [-0.39, 0.29) is 17.8 Å². The molecular formula is C23H28F3N7O. The highest BCUT2D eigenvalue weighted by Gasteiger charge is 2.43. The van der Waals surface area contributed by atoms with Crippen LogP contribution in [0.4, 0.5) is 24.9 Å². The molecule has 1 saturated carbocycles. The fourth-order valence-electron chi connectivity index (χ4n) is 5.14. The third-order valence-corrected chi connectivity index (χ3v) is 6.73. The summed E-state index contributed by atoms with van der Waals surface area (Å²) in [5.41, 5.74) is 2.35. The van der Waals surface area contributed by atoms with E-state index >= 15 is 0 Å². The van der Waals surface area contributed by atoms with E-state index in [1.54, 1.807) is 12.4 Å². The Morgan fingerprint density at radius 1 is 1.15 bits per heavy atom. The summed E-state index contributed by atoms with van der Waals surface area (Å²) in [6.07, 6.45) is -0.650. The predicted octanol–water partition coefficient (Wildman–Crippen LogP) is 4.22. The first-order valence-corrected chi connectivity index (χ1v) is 11.6. The van der Waals surface area contributed by atoms with Crippen LogP contribution in [0, 0.1) is 18.8 Å². The summed E-state index contributed by atoms with van der Waals surface area (Å²) in [6.45, 7) is 6.35. The van der Waals surface area contributed by atoms with Crippen molar-refractivity contribution in [1.82, 2.24) is 24.6 Å². The molecule has 3 aromatic rings. The summed E-state index contributed by atoms with van der Waals surface area (Å²) in [5, 5.41) is 8.01. The Hall–Kier alpha value is -3.11. The minimum atomic E-state index is -4.43. The summed E-state index contributed by atoms with van der Waals surface area (Å²) in [7, 11) is 0. The zero-order chi connectivity index (χ0) is 24.0. The van der Waals surface area contributed by atoms with Crippen molar-refractivity contribution in [3.8, 4) is 5.88 Å². The lowest BCUT2D eigenvalue weighted by molar-refractivity contribution is -0.154. The number of aryl methyl sites for hydroxylation is 1. The van der Waals surface area contributed by atoms with E-state index in [0.717, 1.165) is 43.0 Å². The van der Waals surface area contributed by atoms with Gasteiger partial charge >= 0.3 is 6.18 Å². The lowest BCUT2D eigenvalue weighted by Crippen LogP contribution is -2.48. The number of halogens is 3. The number of anilines is 2. The van der Waals surface area contributed by atoms with Crippen LogP contribution in [0.15, 0.2) is 24.5 Å². The minimum Gasteiger partial charge on any atom is -0.468 e. The summed E-state index contributed by atoms with van der Waals surface area (Å²) in [4.78, 5) is 15.6. The van der Waals surface area contributed by atoms with Crippen LogP contribution in [0.25, 0.3) is 5.65 Å². The Bertz CT molecular complexity index is 1170. The number of rotatable bonds is 6. The second kappa shape index (κ2) is 8.59. The first kappa shape index (κ1) is 22.7. The van der Waals surface area contributed by atoms with E-state index in [2.05, 4.69) is 30.3 Å². The van der Waals surface area contributed by atoms with Crippen LogP contribution < -0.4 is 15.0 Å². The number of ether oxygens (including phenoxy) is 1. The van der Waals surface area contributed by atoms with Crippen molar-refractivity contribution in [3.05, 3.63) is 35.8 Å². The molecule has 0 radical (unpaired) electrons. The van der Waals surface area contributed by atoms with Crippen LogP contribution in [-0.2, 0) is 0 Å². The van der Waals surface area contributed by atoms with Crippen molar-refractivity contribution in [3.63, 3.8) is 0 Å². The van der Waals surface area contributed by atoms with Gasteiger partial charge in [0.1, 0.15) is 12.1 Å². The third kappa shape index (κ3) is 4.47. The lowest BCUT2D eigenvalue weighted by Gasteiger charge is -2.38. The molecule has 2 fully saturated rings. The molecular weight excluding hydrogens is 447 g/mol. The summed E-state index contributed by atoms with van der Waals surface area (Å²) < 4.78 is 44.6. The number of nitrogens with one attached hydrogen (secondary N) is 1. The molecule has 1 saturated heterocycles. The molecule has 3 aromatic heterocycles. The van der Waals surface area contributed by atoms with Gasteiger partial charge in [-0.05, 0) is 49.1 Å². The minimum absolute atomic E-state index is 0.0224. The molecule has 1 N–H and O–H groups in total. The molecule has 8 nitrogen and oxygen atoms in total. The van der Waals surface area contributed by atoms with Gasteiger partial charge in [-0.2, -0.15) is 22.7 Å². The van der Waals surface area contributed by atoms with Crippen molar-refractivity contribution in [2.24, 2.45) is 11.8 Å². The van der Waals surface area contributed by atoms with Crippen molar-refractivity contribution < 1.29 is 17.9 Å². The van der Waals surface area contributed by atoms with Gasteiger partial charge in [0, 0.05) is 37.0 Å². The molecule has 182 valence electrons. The SMILES string of the molecule is Cc1cc(N2CC3CCC(C2)C3Nc2nc3c(C(C)C)ccc(OCC(F)(F)F)n3n2)ncn1. The predicted molar refractivity (Wildman–Crippen MR) is 121 cm³/mol. The standard InChI is InChI=1S/C23H28F3N7O/c1-13(2)17-6-7-19(34-11-23(24,25)26)33-21(17)30-22(31-33)29-20-15-4-5-16(20)10-32(9-15)18-8-14(3)27-12-28-18/h6-8,12-13,15-16,20H,4-5,9-11H2,1-3H3,(H,29,31). The molecule has 1 aliphatic carbocycles. The molecule has 2 bridgehead atoms. The number of nitrogens with zero attached hydrogens (tertiary/aromatic N) is 6. The highest BCUT2D eigenvalue weighted by Crippen LogP contribution is 2.40. The first-order chi connectivity index (χ1) is 16.2. The van der Waals surface area contributed by atoms with Crippen molar-refractivity contribution in [2.45, 2.75) is 51.7 Å². The Kier molecular flexibility index (Phi) is 5.73. The maximum absolute atomic E-state index is 12.7. The quantitative estimate of drug-likeness (QED) is 0.572. The molecule has 2 atom stereocenters. The van der Waals surface area contributed by atoms with Crippen LogP contribution in [0.3, 0.4) is 0 Å². The molecule has 11 heteroatoms. The summed E-state index contributed by atoms with van der Waals surface area (Å²) in [6, 6.07) is 5.49. The maximum atomic E-state index is 12.7. The number of hydrogen-bond acceptors (Lipinski definition) is 7. The van der Waals surface area contributed by atoms with Gasteiger partial charge < -0.3 is 15.0 Å². The lowest BCUT2D eigenvalue weighted by atomic mass is 9.92. The van der Waals surface area contributed by atoms with E-state index in [1.807, 2.05) is 26.8 Å². The normalized spacial score (nSPS) is 22.6. The number of hydrogen-bond donors (Lipinski definition) is 1. The third-order valence-electron chi connectivity index (χ3n) is 6.73. The smallest absolute Gasteiger partial charge is 0.422 e. The van der Waals surface area contributed by atoms with Gasteiger partial charge in [-0.1, -0.05) is 13.8 Å². The monoisotopic (exact) mass is 475 g/mol. The van der Waals surface area contributed by atoms with E-state index in [1.165, 1.54) is 10.6 Å². The van der Waals surface area contributed by atoms with Crippen LogP contribution in [0.2, 0.25) is 0 Å². The molecule has 4 heterocycles. The molecule has 0 spiro atoms. The number of aromatic nitrogens is 5. The first-order valence-electron chi connectivity index (χ1n) is 11.6. The van der Waals surface area contributed by atoms with Crippen molar-refractivity contribution in [2.75, 3.05) is 29.9 Å². The van der Waals surface area contributed by atoms with Gasteiger partial charge in [-0.3, -0.25) is 0 Å². The second-order valence-electron chi connectivity index (χ2n) is 9.55. The Morgan fingerprint density at radius 2 is 1.88 bits per heavy atom. The van der Waals surface area contributed by atoms with E-state index in [9.17, 15) is 13.2 Å². The van der Waals surface area contributed by atoms with Gasteiger partial charge in [-0.15, -0.1) is 5.10 Å². The molecule has 2 aliphatic rings. The summed E-state index contributed by atoms with van der Waals surface area (Å²) in [5.74, 6) is 2.30. The molecule has 0 aromatic carbocycles. The van der Waals surface area contributed by atoms with Gasteiger partial charge in [0.2, 0.25) is 11.8 Å². The Morgan fingerprint density at radius 3 is 2.53 bits per heavy atom. The maximum Gasteiger partial charge on any atom is 0.422 e. The van der Waals surface area contributed by atoms with Gasteiger partial charge in [0.15, 0.2) is 12.3 Å². The molecule has 2 unspecified atom stereocenters. The average molecular weight is 476 g/mol. The fourth-order valence-corrected chi connectivity index (χ4v) is 5.14. The largest absolute Gasteiger partial charge is 0.468 e. The zero-order valence-electron chi connectivity index (χ0n) is 19.4. The van der Waals surface area contributed by atoms with Crippen molar-refractivity contribution >= 4 is 17.4 Å².